The van der Waals surface area contributed by atoms with Gasteiger partial charge in [0.2, 0.25) is 0 Å². The molecular formula is C13H10ClF2NO3S. The zero-order chi connectivity index (χ0) is 15.6. The van der Waals surface area contributed by atoms with Crippen molar-refractivity contribution in [3.8, 4) is 0 Å². The molecule has 0 saturated carbocycles. The summed E-state index contributed by atoms with van der Waals surface area (Å²) >= 11 is 5.82. The molecule has 0 fully saturated rings. The van der Waals surface area contributed by atoms with Gasteiger partial charge in [0.25, 0.3) is 10.0 Å². The smallest absolute Gasteiger partial charge is 0.261 e. The van der Waals surface area contributed by atoms with Gasteiger partial charge in [-0.25, -0.2) is 17.2 Å². The maximum atomic E-state index is 13.0. The van der Waals surface area contributed by atoms with E-state index in [0.29, 0.717) is 11.6 Å². The van der Waals surface area contributed by atoms with Gasteiger partial charge in [0.05, 0.1) is 17.2 Å². The molecule has 0 aliphatic carbocycles. The Morgan fingerprint density at radius 1 is 1.10 bits per heavy atom. The Morgan fingerprint density at radius 2 is 1.71 bits per heavy atom. The van der Waals surface area contributed by atoms with Gasteiger partial charge in [0.15, 0.2) is 0 Å². The summed E-state index contributed by atoms with van der Waals surface area (Å²) < 4.78 is 52.3. The van der Waals surface area contributed by atoms with Gasteiger partial charge < -0.3 is 5.11 Å². The number of anilines is 1. The van der Waals surface area contributed by atoms with Crippen molar-refractivity contribution < 1.29 is 22.3 Å². The van der Waals surface area contributed by atoms with E-state index in [4.69, 9.17) is 16.7 Å². The minimum Gasteiger partial charge on any atom is -0.392 e. The highest BCUT2D eigenvalue weighted by molar-refractivity contribution is 7.92. The molecule has 0 atom stereocenters. The molecule has 21 heavy (non-hydrogen) atoms. The van der Waals surface area contributed by atoms with Crippen LogP contribution < -0.4 is 4.72 Å². The van der Waals surface area contributed by atoms with Crippen LogP contribution in [0, 0.1) is 11.6 Å². The third-order valence-corrected chi connectivity index (χ3v) is 4.35. The van der Waals surface area contributed by atoms with Crippen LogP contribution in [0.1, 0.15) is 5.56 Å². The summed E-state index contributed by atoms with van der Waals surface area (Å²) in [5.74, 6) is -1.80. The summed E-state index contributed by atoms with van der Waals surface area (Å²) in [5.41, 5.74) is 0.127. The first-order chi connectivity index (χ1) is 9.81. The lowest BCUT2D eigenvalue weighted by atomic mass is 10.2. The minimum absolute atomic E-state index is 0.0748. The lowest BCUT2D eigenvalue weighted by Gasteiger charge is -2.10. The molecule has 2 rings (SSSR count). The number of rotatable bonds is 4. The van der Waals surface area contributed by atoms with Crippen LogP contribution >= 0.6 is 11.6 Å². The summed E-state index contributed by atoms with van der Waals surface area (Å²) in [6, 6.07) is 6.06. The van der Waals surface area contributed by atoms with Gasteiger partial charge in [-0.15, -0.1) is 0 Å². The summed E-state index contributed by atoms with van der Waals surface area (Å²) in [7, 11) is -4.04. The molecule has 0 aromatic heterocycles. The Kier molecular flexibility index (Phi) is 4.46. The Hall–Kier alpha value is -1.70. The van der Waals surface area contributed by atoms with Crippen LogP contribution in [0.2, 0.25) is 5.02 Å². The zero-order valence-corrected chi connectivity index (χ0v) is 12.0. The molecule has 8 heteroatoms. The fraction of sp³-hybridized carbons (Fsp3) is 0.0769. The van der Waals surface area contributed by atoms with Crippen molar-refractivity contribution in [3.05, 3.63) is 58.6 Å². The fourth-order valence-electron chi connectivity index (χ4n) is 1.65. The second-order valence-corrected chi connectivity index (χ2v) is 6.26. The number of nitrogens with one attached hydrogen (secondary N) is 1. The van der Waals surface area contributed by atoms with Gasteiger partial charge >= 0.3 is 0 Å². The normalized spacial score (nSPS) is 11.4. The molecule has 0 heterocycles. The predicted octanol–water partition coefficient (Wildman–Crippen LogP) is 2.91. The Bertz CT molecular complexity index is 761. The van der Waals surface area contributed by atoms with E-state index in [2.05, 4.69) is 4.72 Å². The molecule has 0 radical (unpaired) electrons. The van der Waals surface area contributed by atoms with Crippen molar-refractivity contribution in [2.75, 3.05) is 4.72 Å². The lowest BCUT2D eigenvalue weighted by Crippen LogP contribution is -2.13. The molecule has 0 aliphatic heterocycles. The second kappa shape index (κ2) is 5.97. The topological polar surface area (TPSA) is 66.4 Å². The number of hydrogen-bond acceptors (Lipinski definition) is 3. The van der Waals surface area contributed by atoms with E-state index in [9.17, 15) is 17.2 Å². The van der Waals surface area contributed by atoms with E-state index >= 15 is 0 Å². The number of halogens is 3. The van der Waals surface area contributed by atoms with Crippen molar-refractivity contribution >= 4 is 27.3 Å². The van der Waals surface area contributed by atoms with E-state index in [1.54, 1.807) is 0 Å². The summed E-state index contributed by atoms with van der Waals surface area (Å²) in [6.07, 6.45) is 0. The third-order valence-electron chi connectivity index (χ3n) is 2.62. The van der Waals surface area contributed by atoms with Gasteiger partial charge in [-0.2, -0.15) is 0 Å². The van der Waals surface area contributed by atoms with E-state index in [0.717, 1.165) is 18.2 Å². The van der Waals surface area contributed by atoms with Crippen molar-refractivity contribution in [2.45, 2.75) is 11.5 Å². The average molecular weight is 334 g/mol. The van der Waals surface area contributed by atoms with Gasteiger partial charge in [0.1, 0.15) is 11.6 Å². The monoisotopic (exact) mass is 333 g/mol. The van der Waals surface area contributed by atoms with Crippen molar-refractivity contribution in [1.29, 1.82) is 0 Å². The van der Waals surface area contributed by atoms with Crippen molar-refractivity contribution in [1.82, 2.24) is 0 Å². The van der Waals surface area contributed by atoms with Crippen LogP contribution in [-0.2, 0) is 16.6 Å². The molecule has 2 aromatic rings. The molecule has 4 nitrogen and oxygen atoms in total. The highest BCUT2D eigenvalue weighted by Crippen LogP contribution is 2.23. The lowest BCUT2D eigenvalue weighted by molar-refractivity contribution is 0.282. The van der Waals surface area contributed by atoms with Crippen LogP contribution in [0.15, 0.2) is 41.3 Å². The molecule has 2 aromatic carbocycles. The Balaban J connectivity index is 2.36. The number of benzene rings is 2. The Labute approximate surface area is 125 Å². The minimum atomic E-state index is -4.04. The first kappa shape index (κ1) is 15.7. The first-order valence-electron chi connectivity index (χ1n) is 5.70. The third kappa shape index (κ3) is 3.69. The Morgan fingerprint density at radius 3 is 2.24 bits per heavy atom. The molecule has 0 saturated heterocycles. The quantitative estimate of drug-likeness (QED) is 0.904. The average Bonchev–Trinajstić information content (AvgIpc) is 2.36. The van der Waals surface area contributed by atoms with Crippen molar-refractivity contribution in [2.24, 2.45) is 0 Å². The molecule has 0 unspecified atom stereocenters. The van der Waals surface area contributed by atoms with Crippen LogP contribution in [0.5, 0.6) is 0 Å². The van der Waals surface area contributed by atoms with E-state index in [1.807, 2.05) is 0 Å². The maximum Gasteiger partial charge on any atom is 0.261 e. The van der Waals surface area contributed by atoms with E-state index in [-0.39, 0.29) is 22.2 Å². The van der Waals surface area contributed by atoms with Gasteiger partial charge in [-0.1, -0.05) is 17.7 Å². The number of aliphatic hydroxyl groups is 1. The van der Waals surface area contributed by atoms with Crippen LogP contribution in [-0.4, -0.2) is 13.5 Å². The van der Waals surface area contributed by atoms with Crippen molar-refractivity contribution in [3.63, 3.8) is 0 Å². The molecule has 0 spiro atoms. The summed E-state index contributed by atoms with van der Waals surface area (Å²) in [4.78, 5) is -0.186. The largest absolute Gasteiger partial charge is 0.392 e. The van der Waals surface area contributed by atoms with Gasteiger partial charge in [0, 0.05) is 11.1 Å². The van der Waals surface area contributed by atoms with E-state index < -0.39 is 21.7 Å². The fourth-order valence-corrected chi connectivity index (χ4v) is 3.02. The SMILES string of the molecule is O=S(=O)(Nc1cc(F)cc(F)c1)c1ccc(CO)c(Cl)c1. The number of sulfonamides is 1. The molecule has 0 amide bonds. The first-order valence-corrected chi connectivity index (χ1v) is 7.56. The molecule has 2 N–H and O–H groups in total. The molecule has 0 aliphatic rings. The number of aliphatic hydroxyl groups excluding tert-OH is 1. The highest BCUT2D eigenvalue weighted by Gasteiger charge is 2.16. The molecule has 0 bridgehead atoms. The summed E-state index contributed by atoms with van der Waals surface area (Å²) in [6.45, 7) is -0.332. The second-order valence-electron chi connectivity index (χ2n) is 4.17. The van der Waals surface area contributed by atoms with Gasteiger partial charge in [-0.3, -0.25) is 4.72 Å². The van der Waals surface area contributed by atoms with Gasteiger partial charge in [-0.05, 0) is 29.8 Å². The van der Waals surface area contributed by atoms with Crippen LogP contribution in [0.4, 0.5) is 14.5 Å². The standard InChI is InChI=1S/C13H10ClF2NO3S/c14-13-6-12(2-1-8(13)7-18)21(19,20)17-11-4-9(15)3-10(16)5-11/h1-6,17-18H,7H2. The number of hydrogen-bond donors (Lipinski definition) is 2. The van der Waals surface area contributed by atoms with E-state index in [1.165, 1.54) is 12.1 Å². The highest BCUT2D eigenvalue weighted by atomic mass is 35.5. The summed E-state index contributed by atoms with van der Waals surface area (Å²) in [5, 5.41) is 9.05. The molecule has 112 valence electrons. The maximum absolute atomic E-state index is 13.0. The molecular weight excluding hydrogens is 324 g/mol. The zero-order valence-electron chi connectivity index (χ0n) is 10.5. The van der Waals surface area contributed by atoms with Crippen LogP contribution in [0.25, 0.3) is 0 Å². The van der Waals surface area contributed by atoms with Crippen LogP contribution in [0.3, 0.4) is 0 Å². The predicted molar refractivity (Wildman–Crippen MR) is 74.5 cm³/mol.